The van der Waals surface area contributed by atoms with E-state index in [1.54, 1.807) is 6.07 Å². The lowest BCUT2D eigenvalue weighted by molar-refractivity contribution is 0.628. The second kappa shape index (κ2) is 3.98. The summed E-state index contributed by atoms with van der Waals surface area (Å²) in [6, 6.07) is 4.65. The molecule has 15 heavy (non-hydrogen) atoms. The molecule has 0 amide bonds. The van der Waals surface area contributed by atoms with E-state index in [0.717, 1.165) is 29.7 Å². The van der Waals surface area contributed by atoms with Gasteiger partial charge in [0.1, 0.15) is 11.6 Å². The number of aryl methyl sites for hydroxylation is 2. The largest absolute Gasteiger partial charge is 0.331 e. The van der Waals surface area contributed by atoms with Crippen molar-refractivity contribution in [1.29, 1.82) is 0 Å². The number of rotatable bonds is 3. The molecular formula is C11H14FN3. The third-order valence-electron chi connectivity index (χ3n) is 2.54. The van der Waals surface area contributed by atoms with Crippen molar-refractivity contribution in [1.82, 2.24) is 9.55 Å². The first-order chi connectivity index (χ1) is 7.22. The van der Waals surface area contributed by atoms with E-state index in [2.05, 4.69) is 4.98 Å². The van der Waals surface area contributed by atoms with Crippen molar-refractivity contribution < 1.29 is 4.39 Å². The number of hydrogen-bond donors (Lipinski definition) is 1. The van der Waals surface area contributed by atoms with Gasteiger partial charge in [-0.15, -0.1) is 0 Å². The Bertz CT molecular complexity index is 476. The SMILES string of the molecule is Cn1c(CCCN)nc2ccc(F)cc21. The molecule has 2 aromatic rings. The summed E-state index contributed by atoms with van der Waals surface area (Å²) >= 11 is 0. The monoisotopic (exact) mass is 207 g/mol. The zero-order chi connectivity index (χ0) is 10.8. The van der Waals surface area contributed by atoms with E-state index in [1.807, 2.05) is 11.6 Å². The molecule has 2 N–H and O–H groups in total. The Morgan fingerprint density at radius 2 is 2.27 bits per heavy atom. The molecule has 0 unspecified atom stereocenters. The third-order valence-corrected chi connectivity index (χ3v) is 2.54. The molecule has 0 fully saturated rings. The highest BCUT2D eigenvalue weighted by Gasteiger charge is 2.07. The molecule has 0 radical (unpaired) electrons. The number of fused-ring (bicyclic) bond motifs is 1. The summed E-state index contributed by atoms with van der Waals surface area (Å²) in [5.74, 6) is 0.733. The molecular weight excluding hydrogens is 193 g/mol. The summed E-state index contributed by atoms with van der Waals surface area (Å²) in [5.41, 5.74) is 7.12. The number of halogens is 1. The van der Waals surface area contributed by atoms with Crippen LogP contribution in [0.25, 0.3) is 11.0 Å². The van der Waals surface area contributed by atoms with E-state index in [-0.39, 0.29) is 5.82 Å². The van der Waals surface area contributed by atoms with Gasteiger partial charge < -0.3 is 10.3 Å². The van der Waals surface area contributed by atoms with E-state index in [1.165, 1.54) is 12.1 Å². The molecule has 3 nitrogen and oxygen atoms in total. The van der Waals surface area contributed by atoms with Gasteiger partial charge in [-0.2, -0.15) is 0 Å². The van der Waals surface area contributed by atoms with Crippen LogP contribution in [-0.4, -0.2) is 16.1 Å². The number of nitrogens with zero attached hydrogens (tertiary/aromatic N) is 2. The maximum absolute atomic E-state index is 13.0. The van der Waals surface area contributed by atoms with Crippen molar-refractivity contribution >= 4 is 11.0 Å². The zero-order valence-corrected chi connectivity index (χ0v) is 8.70. The van der Waals surface area contributed by atoms with Crippen molar-refractivity contribution in [3.63, 3.8) is 0 Å². The van der Waals surface area contributed by atoms with Gasteiger partial charge in [-0.3, -0.25) is 0 Å². The Balaban J connectivity index is 2.45. The predicted molar refractivity (Wildman–Crippen MR) is 58.0 cm³/mol. The van der Waals surface area contributed by atoms with E-state index in [9.17, 15) is 4.39 Å². The second-order valence-electron chi connectivity index (χ2n) is 3.61. The average molecular weight is 207 g/mol. The zero-order valence-electron chi connectivity index (χ0n) is 8.70. The number of benzene rings is 1. The van der Waals surface area contributed by atoms with Crippen LogP contribution in [-0.2, 0) is 13.5 Å². The van der Waals surface area contributed by atoms with Crippen molar-refractivity contribution in [3.05, 3.63) is 29.8 Å². The number of hydrogen-bond acceptors (Lipinski definition) is 2. The van der Waals surface area contributed by atoms with Gasteiger partial charge in [-0.25, -0.2) is 9.37 Å². The van der Waals surface area contributed by atoms with Gasteiger partial charge in [0.15, 0.2) is 0 Å². The number of aromatic nitrogens is 2. The fraction of sp³-hybridized carbons (Fsp3) is 0.364. The first-order valence-electron chi connectivity index (χ1n) is 5.03. The molecule has 4 heteroatoms. The lowest BCUT2D eigenvalue weighted by atomic mass is 10.3. The Morgan fingerprint density at radius 1 is 1.47 bits per heavy atom. The van der Waals surface area contributed by atoms with Crippen molar-refractivity contribution in [2.45, 2.75) is 12.8 Å². The molecule has 0 saturated heterocycles. The van der Waals surface area contributed by atoms with Crippen LogP contribution < -0.4 is 5.73 Å². The summed E-state index contributed by atoms with van der Waals surface area (Å²) in [4.78, 5) is 4.43. The average Bonchev–Trinajstić information content (AvgIpc) is 2.53. The van der Waals surface area contributed by atoms with Gasteiger partial charge in [0.25, 0.3) is 0 Å². The second-order valence-corrected chi connectivity index (χ2v) is 3.61. The predicted octanol–water partition coefficient (Wildman–Crippen LogP) is 1.60. The van der Waals surface area contributed by atoms with Crippen molar-refractivity contribution in [2.24, 2.45) is 12.8 Å². The van der Waals surface area contributed by atoms with Crippen LogP contribution in [0, 0.1) is 5.82 Å². The number of imidazole rings is 1. The van der Waals surface area contributed by atoms with Crippen molar-refractivity contribution in [2.75, 3.05) is 6.54 Å². The highest BCUT2D eigenvalue weighted by atomic mass is 19.1. The molecule has 1 aromatic heterocycles. The summed E-state index contributed by atoms with van der Waals surface area (Å²) < 4.78 is 14.9. The van der Waals surface area contributed by atoms with Gasteiger partial charge in [0, 0.05) is 13.5 Å². The molecule has 0 saturated carbocycles. The molecule has 1 aromatic carbocycles. The highest BCUT2D eigenvalue weighted by molar-refractivity contribution is 5.75. The maximum Gasteiger partial charge on any atom is 0.125 e. The first kappa shape index (κ1) is 10.1. The van der Waals surface area contributed by atoms with Crippen LogP contribution in [0.15, 0.2) is 18.2 Å². The molecule has 0 spiro atoms. The minimum atomic E-state index is -0.226. The van der Waals surface area contributed by atoms with Gasteiger partial charge in [0.2, 0.25) is 0 Å². The highest BCUT2D eigenvalue weighted by Crippen LogP contribution is 2.16. The minimum Gasteiger partial charge on any atom is -0.331 e. The van der Waals surface area contributed by atoms with E-state index < -0.39 is 0 Å². The van der Waals surface area contributed by atoms with Gasteiger partial charge in [0.05, 0.1) is 11.0 Å². The van der Waals surface area contributed by atoms with Crippen molar-refractivity contribution in [3.8, 4) is 0 Å². The first-order valence-corrected chi connectivity index (χ1v) is 5.03. The minimum absolute atomic E-state index is 0.226. The smallest absolute Gasteiger partial charge is 0.125 e. The van der Waals surface area contributed by atoms with E-state index in [0.29, 0.717) is 6.54 Å². The van der Waals surface area contributed by atoms with Crippen LogP contribution in [0.2, 0.25) is 0 Å². The molecule has 1 heterocycles. The van der Waals surface area contributed by atoms with Crippen LogP contribution in [0.3, 0.4) is 0 Å². The van der Waals surface area contributed by atoms with Crippen LogP contribution in [0.4, 0.5) is 4.39 Å². The van der Waals surface area contributed by atoms with Crippen LogP contribution in [0.1, 0.15) is 12.2 Å². The molecule has 0 bridgehead atoms. The lowest BCUT2D eigenvalue weighted by Crippen LogP contribution is -2.04. The number of nitrogens with two attached hydrogens (primary N) is 1. The van der Waals surface area contributed by atoms with Gasteiger partial charge >= 0.3 is 0 Å². The van der Waals surface area contributed by atoms with Gasteiger partial charge in [-0.05, 0) is 31.2 Å². The molecule has 0 atom stereocenters. The molecule has 2 rings (SSSR count). The standard InChI is InChI=1S/C11H14FN3/c1-15-10-7-8(12)4-5-9(10)14-11(15)3-2-6-13/h4-5,7H,2-3,6,13H2,1H3. The van der Waals surface area contributed by atoms with E-state index >= 15 is 0 Å². The summed E-state index contributed by atoms with van der Waals surface area (Å²) in [6.07, 6.45) is 1.74. The summed E-state index contributed by atoms with van der Waals surface area (Å²) in [5, 5.41) is 0. The topological polar surface area (TPSA) is 43.8 Å². The Labute approximate surface area is 87.7 Å². The van der Waals surface area contributed by atoms with E-state index in [4.69, 9.17) is 5.73 Å². The molecule has 0 aliphatic carbocycles. The summed E-state index contributed by atoms with van der Waals surface area (Å²) in [7, 11) is 1.90. The Kier molecular flexibility index (Phi) is 2.68. The molecule has 0 aliphatic rings. The fourth-order valence-corrected chi connectivity index (χ4v) is 1.70. The molecule has 0 aliphatic heterocycles. The Hall–Kier alpha value is -1.42. The third kappa shape index (κ3) is 1.85. The maximum atomic E-state index is 13.0. The van der Waals surface area contributed by atoms with Gasteiger partial charge in [-0.1, -0.05) is 0 Å². The van der Waals surface area contributed by atoms with Crippen LogP contribution >= 0.6 is 0 Å². The normalized spacial score (nSPS) is 11.1. The Morgan fingerprint density at radius 3 is 3.00 bits per heavy atom. The van der Waals surface area contributed by atoms with Crippen LogP contribution in [0.5, 0.6) is 0 Å². The fourth-order valence-electron chi connectivity index (χ4n) is 1.70. The summed E-state index contributed by atoms with van der Waals surface area (Å²) in [6.45, 7) is 0.650. The quantitative estimate of drug-likeness (QED) is 0.830. The molecule has 80 valence electrons. The lowest BCUT2D eigenvalue weighted by Gasteiger charge is -2.00.